The van der Waals surface area contributed by atoms with Gasteiger partial charge in [-0.3, -0.25) is 9.59 Å². The minimum atomic E-state index is -0.664. The maximum absolute atomic E-state index is 13.0. The summed E-state index contributed by atoms with van der Waals surface area (Å²) >= 11 is 7.47. The first-order valence-corrected chi connectivity index (χ1v) is 8.56. The second-order valence-electron chi connectivity index (χ2n) is 6.03. The largest absolute Gasteiger partial charge is 0.342 e. The van der Waals surface area contributed by atoms with E-state index in [1.807, 2.05) is 24.0 Å². The molecule has 1 saturated heterocycles. The topological polar surface area (TPSA) is 49.4 Å². The first-order chi connectivity index (χ1) is 10.00. The van der Waals surface area contributed by atoms with Crippen molar-refractivity contribution in [2.75, 3.05) is 0 Å². The molecule has 6 heteroatoms. The van der Waals surface area contributed by atoms with E-state index in [-0.39, 0.29) is 17.9 Å². The number of carbonyl (C=O) groups excluding carboxylic acids is 2. The van der Waals surface area contributed by atoms with E-state index >= 15 is 0 Å². The van der Waals surface area contributed by atoms with Crippen molar-refractivity contribution in [1.29, 1.82) is 0 Å². The summed E-state index contributed by atoms with van der Waals surface area (Å²) in [5, 5.41) is 3.00. The van der Waals surface area contributed by atoms with Gasteiger partial charge in [-0.05, 0) is 31.9 Å². The Morgan fingerprint density at radius 2 is 2.10 bits per heavy atom. The van der Waals surface area contributed by atoms with Gasteiger partial charge < -0.3 is 10.2 Å². The van der Waals surface area contributed by atoms with Crippen LogP contribution in [0.3, 0.4) is 0 Å². The van der Waals surface area contributed by atoms with Crippen LogP contribution in [-0.4, -0.2) is 28.3 Å². The highest BCUT2D eigenvalue weighted by Crippen LogP contribution is 2.35. The van der Waals surface area contributed by atoms with Gasteiger partial charge in [0.1, 0.15) is 5.54 Å². The molecule has 2 aliphatic rings. The van der Waals surface area contributed by atoms with E-state index in [0.717, 1.165) is 34.9 Å². The van der Waals surface area contributed by atoms with Crippen LogP contribution in [0.1, 0.15) is 43.9 Å². The van der Waals surface area contributed by atoms with E-state index in [2.05, 4.69) is 5.32 Å². The van der Waals surface area contributed by atoms with Gasteiger partial charge in [-0.15, -0.1) is 11.3 Å². The van der Waals surface area contributed by atoms with E-state index in [1.165, 1.54) is 11.3 Å². The molecule has 1 atom stereocenters. The predicted octanol–water partition coefficient (Wildman–Crippen LogP) is 2.95. The van der Waals surface area contributed by atoms with Gasteiger partial charge in [0, 0.05) is 17.3 Å². The van der Waals surface area contributed by atoms with Gasteiger partial charge in [0.15, 0.2) is 0 Å². The maximum Gasteiger partial charge on any atom is 0.248 e. The summed E-state index contributed by atoms with van der Waals surface area (Å²) in [5.41, 5.74) is -0.664. The summed E-state index contributed by atoms with van der Waals surface area (Å²) in [6.45, 7) is 2.48. The number of carbonyl (C=O) groups is 2. The fraction of sp³-hybridized carbons (Fsp3) is 0.600. The van der Waals surface area contributed by atoms with E-state index in [1.54, 1.807) is 0 Å². The lowest BCUT2D eigenvalue weighted by molar-refractivity contribution is -0.140. The number of hydrogen-bond acceptors (Lipinski definition) is 3. The van der Waals surface area contributed by atoms with Gasteiger partial charge in [0.2, 0.25) is 11.8 Å². The van der Waals surface area contributed by atoms with E-state index < -0.39 is 5.54 Å². The van der Waals surface area contributed by atoms with Crippen LogP contribution in [0.15, 0.2) is 12.1 Å². The average molecular weight is 327 g/mol. The first kappa shape index (κ1) is 14.9. The number of hydrogen-bond donors (Lipinski definition) is 1. The Morgan fingerprint density at radius 3 is 2.71 bits per heavy atom. The number of nitrogens with one attached hydrogen (secondary N) is 1. The number of amides is 2. The Hall–Kier alpha value is -1.07. The molecule has 1 aromatic rings. The molecule has 0 bridgehead atoms. The summed E-state index contributed by atoms with van der Waals surface area (Å²) in [7, 11) is 0. The summed E-state index contributed by atoms with van der Waals surface area (Å²) in [6.07, 6.45) is 3.88. The molecule has 0 radical (unpaired) electrons. The van der Waals surface area contributed by atoms with Crippen molar-refractivity contribution in [3.8, 4) is 0 Å². The molecule has 1 unspecified atom stereocenters. The minimum absolute atomic E-state index is 0.00976. The summed E-state index contributed by atoms with van der Waals surface area (Å²) in [5.74, 6) is 0.0623. The predicted molar refractivity (Wildman–Crippen MR) is 83.3 cm³/mol. The zero-order chi connectivity index (χ0) is 15.0. The lowest BCUT2D eigenvalue weighted by atomic mass is 9.95. The van der Waals surface area contributed by atoms with Crippen molar-refractivity contribution in [2.45, 2.75) is 57.2 Å². The summed E-state index contributed by atoms with van der Waals surface area (Å²) in [4.78, 5) is 28.0. The SMILES string of the molecule is CC1CC(=O)NC2(CCCC2)C(=O)N1Cc1ccc(Cl)s1. The van der Waals surface area contributed by atoms with Crippen molar-refractivity contribution in [3.05, 3.63) is 21.3 Å². The average Bonchev–Trinajstić information content (AvgIpc) is 3.03. The molecular formula is C15H19ClN2O2S. The van der Waals surface area contributed by atoms with Gasteiger partial charge in [-0.1, -0.05) is 24.4 Å². The zero-order valence-corrected chi connectivity index (χ0v) is 13.6. The molecule has 21 heavy (non-hydrogen) atoms. The highest BCUT2D eigenvalue weighted by Gasteiger charge is 2.48. The van der Waals surface area contributed by atoms with E-state index in [4.69, 9.17) is 11.6 Å². The summed E-state index contributed by atoms with van der Waals surface area (Å²) < 4.78 is 0.727. The Morgan fingerprint density at radius 1 is 1.38 bits per heavy atom. The molecular weight excluding hydrogens is 308 g/mol. The lowest BCUT2D eigenvalue weighted by Gasteiger charge is -2.33. The normalized spacial score (nSPS) is 25.2. The highest BCUT2D eigenvalue weighted by atomic mass is 35.5. The van der Waals surface area contributed by atoms with E-state index in [0.29, 0.717) is 13.0 Å². The maximum atomic E-state index is 13.0. The summed E-state index contributed by atoms with van der Waals surface area (Å²) in [6, 6.07) is 3.72. The first-order valence-electron chi connectivity index (χ1n) is 7.36. The molecule has 2 amide bonds. The number of halogens is 1. The van der Waals surface area contributed by atoms with Crippen molar-refractivity contribution >= 4 is 34.8 Å². The van der Waals surface area contributed by atoms with Crippen LogP contribution in [-0.2, 0) is 16.1 Å². The molecule has 3 rings (SSSR count). The molecule has 1 spiro atoms. The molecule has 2 fully saturated rings. The smallest absolute Gasteiger partial charge is 0.248 e. The minimum Gasteiger partial charge on any atom is -0.342 e. The van der Waals surface area contributed by atoms with Gasteiger partial charge in [0.25, 0.3) is 0 Å². The number of rotatable bonds is 2. The third-order valence-electron chi connectivity index (χ3n) is 4.47. The van der Waals surface area contributed by atoms with E-state index in [9.17, 15) is 9.59 Å². The molecule has 1 aromatic heterocycles. The molecule has 114 valence electrons. The van der Waals surface area contributed by atoms with Gasteiger partial charge in [-0.25, -0.2) is 0 Å². The second-order valence-corrected chi connectivity index (χ2v) is 7.83. The fourth-order valence-electron chi connectivity index (χ4n) is 3.37. The van der Waals surface area contributed by atoms with Crippen LogP contribution < -0.4 is 5.32 Å². The van der Waals surface area contributed by atoms with Crippen molar-refractivity contribution < 1.29 is 9.59 Å². The third kappa shape index (κ3) is 2.81. The molecule has 1 saturated carbocycles. The lowest BCUT2D eigenvalue weighted by Crippen LogP contribution is -2.55. The fourth-order valence-corrected chi connectivity index (χ4v) is 4.46. The Bertz CT molecular complexity index is 566. The second kappa shape index (κ2) is 5.61. The molecule has 1 aliphatic carbocycles. The molecule has 4 nitrogen and oxygen atoms in total. The van der Waals surface area contributed by atoms with Crippen molar-refractivity contribution in [3.63, 3.8) is 0 Å². The van der Waals surface area contributed by atoms with Crippen LogP contribution in [0.2, 0.25) is 4.34 Å². The standard InChI is InChI=1S/C15H19ClN2O2S/c1-10-8-13(19)17-15(6-2-3-7-15)14(20)18(10)9-11-4-5-12(16)21-11/h4-5,10H,2-3,6-9H2,1H3,(H,17,19). The van der Waals surface area contributed by atoms with Crippen LogP contribution in [0.4, 0.5) is 0 Å². The highest BCUT2D eigenvalue weighted by molar-refractivity contribution is 7.16. The number of thiophene rings is 1. The Balaban J connectivity index is 1.88. The number of nitrogens with zero attached hydrogens (tertiary/aromatic N) is 1. The van der Waals surface area contributed by atoms with Crippen LogP contribution in [0.5, 0.6) is 0 Å². The molecule has 0 aromatic carbocycles. The Kier molecular flexibility index (Phi) is 3.97. The van der Waals surface area contributed by atoms with Crippen LogP contribution >= 0.6 is 22.9 Å². The van der Waals surface area contributed by atoms with Gasteiger partial charge >= 0.3 is 0 Å². The van der Waals surface area contributed by atoms with Crippen molar-refractivity contribution in [1.82, 2.24) is 10.2 Å². The monoisotopic (exact) mass is 326 g/mol. The zero-order valence-electron chi connectivity index (χ0n) is 12.0. The van der Waals surface area contributed by atoms with Crippen LogP contribution in [0, 0.1) is 0 Å². The molecule has 1 aliphatic heterocycles. The van der Waals surface area contributed by atoms with Crippen molar-refractivity contribution in [2.24, 2.45) is 0 Å². The third-order valence-corrected chi connectivity index (χ3v) is 5.69. The van der Waals surface area contributed by atoms with Crippen LogP contribution in [0.25, 0.3) is 0 Å². The quantitative estimate of drug-likeness (QED) is 0.908. The molecule has 1 N–H and O–H groups in total. The van der Waals surface area contributed by atoms with Gasteiger partial charge in [-0.2, -0.15) is 0 Å². The molecule has 2 heterocycles. The Labute approximate surface area is 133 Å². The van der Waals surface area contributed by atoms with Gasteiger partial charge in [0.05, 0.1) is 10.9 Å².